The Labute approximate surface area is 131 Å². The quantitative estimate of drug-likeness (QED) is 0.901. The molecular weight excluding hydrogens is 305 g/mol. The lowest BCUT2D eigenvalue weighted by Gasteiger charge is -2.26. The standard InChI is InChI=1S/C16H16FNO5/c1-9-11-6-10(17)2-3-12(11)23-14(9)15(21)18-16(7-13(19)20)4-5-22-8-16/h2-3,6H,4-5,7-8H2,1H3,(H,18,21)(H,19,20). The number of carbonyl (C=O) groups is 2. The van der Waals surface area contributed by atoms with Crippen molar-refractivity contribution in [1.29, 1.82) is 0 Å². The van der Waals surface area contributed by atoms with Gasteiger partial charge in [0.2, 0.25) is 0 Å². The number of hydrogen-bond donors (Lipinski definition) is 2. The average molecular weight is 321 g/mol. The maximum Gasteiger partial charge on any atom is 0.305 e. The molecule has 1 fully saturated rings. The lowest BCUT2D eigenvalue weighted by Crippen LogP contribution is -2.50. The fraction of sp³-hybridized carbons (Fsp3) is 0.375. The Morgan fingerprint density at radius 3 is 2.87 bits per heavy atom. The largest absolute Gasteiger partial charge is 0.481 e. The van der Waals surface area contributed by atoms with E-state index in [-0.39, 0.29) is 18.8 Å². The smallest absolute Gasteiger partial charge is 0.305 e. The van der Waals surface area contributed by atoms with Crippen molar-refractivity contribution in [3.8, 4) is 0 Å². The van der Waals surface area contributed by atoms with Gasteiger partial charge < -0.3 is 19.6 Å². The normalized spacial score (nSPS) is 20.8. The summed E-state index contributed by atoms with van der Waals surface area (Å²) in [5, 5.41) is 12.3. The number of ether oxygens (including phenoxy) is 1. The van der Waals surface area contributed by atoms with Gasteiger partial charge in [-0.2, -0.15) is 0 Å². The fourth-order valence-electron chi connectivity index (χ4n) is 2.89. The topological polar surface area (TPSA) is 88.8 Å². The highest BCUT2D eigenvalue weighted by Gasteiger charge is 2.39. The Balaban J connectivity index is 1.91. The highest BCUT2D eigenvalue weighted by molar-refractivity contribution is 5.99. The SMILES string of the molecule is Cc1c(C(=O)NC2(CC(=O)O)CCOC2)oc2ccc(F)cc12. The number of nitrogens with one attached hydrogen (secondary N) is 1. The summed E-state index contributed by atoms with van der Waals surface area (Å²) in [5.41, 5.74) is -0.0232. The zero-order chi connectivity index (χ0) is 16.6. The van der Waals surface area contributed by atoms with E-state index < -0.39 is 23.2 Å². The van der Waals surface area contributed by atoms with Gasteiger partial charge in [0.15, 0.2) is 5.76 Å². The first-order valence-electron chi connectivity index (χ1n) is 7.21. The monoisotopic (exact) mass is 321 g/mol. The number of benzene rings is 1. The number of furan rings is 1. The van der Waals surface area contributed by atoms with Crippen molar-refractivity contribution < 1.29 is 28.2 Å². The molecule has 0 radical (unpaired) electrons. The molecular formula is C16H16FNO5. The van der Waals surface area contributed by atoms with E-state index in [2.05, 4.69) is 5.32 Å². The molecule has 23 heavy (non-hydrogen) atoms. The second kappa shape index (κ2) is 5.66. The van der Waals surface area contributed by atoms with Crippen LogP contribution < -0.4 is 5.32 Å². The van der Waals surface area contributed by atoms with Gasteiger partial charge in [0.05, 0.1) is 18.6 Å². The van der Waals surface area contributed by atoms with Crippen molar-refractivity contribution in [3.63, 3.8) is 0 Å². The van der Waals surface area contributed by atoms with E-state index in [0.717, 1.165) is 0 Å². The molecule has 2 N–H and O–H groups in total. The van der Waals surface area contributed by atoms with Crippen LogP contribution in [0.5, 0.6) is 0 Å². The van der Waals surface area contributed by atoms with Crippen LogP contribution in [0, 0.1) is 12.7 Å². The van der Waals surface area contributed by atoms with Crippen LogP contribution in [0.2, 0.25) is 0 Å². The second-order valence-corrected chi connectivity index (χ2v) is 5.80. The van der Waals surface area contributed by atoms with Gasteiger partial charge in [0.1, 0.15) is 11.4 Å². The molecule has 2 heterocycles. The zero-order valence-corrected chi connectivity index (χ0v) is 12.5. The van der Waals surface area contributed by atoms with Gasteiger partial charge in [-0.05, 0) is 31.5 Å². The minimum absolute atomic E-state index is 0.0577. The molecule has 1 amide bonds. The maximum atomic E-state index is 13.3. The first kappa shape index (κ1) is 15.5. The van der Waals surface area contributed by atoms with Crippen molar-refractivity contribution in [3.05, 3.63) is 35.3 Å². The summed E-state index contributed by atoms with van der Waals surface area (Å²) >= 11 is 0. The Morgan fingerprint density at radius 1 is 1.43 bits per heavy atom. The highest BCUT2D eigenvalue weighted by Crippen LogP contribution is 2.28. The predicted molar refractivity (Wildman–Crippen MR) is 78.8 cm³/mol. The number of rotatable bonds is 4. The molecule has 2 aromatic rings. The molecule has 1 saturated heterocycles. The van der Waals surface area contributed by atoms with E-state index in [1.54, 1.807) is 6.92 Å². The van der Waals surface area contributed by atoms with Crippen LogP contribution in [-0.4, -0.2) is 35.7 Å². The van der Waals surface area contributed by atoms with Gasteiger partial charge in [0, 0.05) is 17.6 Å². The molecule has 1 aromatic heterocycles. The molecule has 1 atom stereocenters. The van der Waals surface area contributed by atoms with Crippen molar-refractivity contribution in [2.75, 3.05) is 13.2 Å². The van der Waals surface area contributed by atoms with Crippen LogP contribution in [0.25, 0.3) is 11.0 Å². The van der Waals surface area contributed by atoms with Crippen LogP contribution in [0.1, 0.15) is 29.0 Å². The van der Waals surface area contributed by atoms with Gasteiger partial charge in [-0.3, -0.25) is 9.59 Å². The minimum atomic E-state index is -1.01. The van der Waals surface area contributed by atoms with E-state index >= 15 is 0 Å². The highest BCUT2D eigenvalue weighted by atomic mass is 19.1. The summed E-state index contributed by atoms with van der Waals surface area (Å²) in [7, 11) is 0. The number of carbonyl (C=O) groups excluding carboxylic acids is 1. The van der Waals surface area contributed by atoms with Crippen molar-refractivity contribution in [1.82, 2.24) is 5.32 Å². The number of carboxylic acids is 1. The van der Waals surface area contributed by atoms with Crippen LogP contribution in [0.3, 0.4) is 0 Å². The van der Waals surface area contributed by atoms with Gasteiger partial charge in [-0.25, -0.2) is 4.39 Å². The lowest BCUT2D eigenvalue weighted by molar-refractivity contribution is -0.138. The van der Waals surface area contributed by atoms with Crippen molar-refractivity contribution >= 4 is 22.8 Å². The summed E-state index contributed by atoms with van der Waals surface area (Å²) in [6.07, 6.45) is 0.186. The molecule has 1 aromatic carbocycles. The van der Waals surface area contributed by atoms with E-state index in [9.17, 15) is 14.0 Å². The third-order valence-corrected chi connectivity index (χ3v) is 4.08. The van der Waals surface area contributed by atoms with Gasteiger partial charge in [-0.15, -0.1) is 0 Å². The van der Waals surface area contributed by atoms with Gasteiger partial charge in [-0.1, -0.05) is 0 Å². The van der Waals surface area contributed by atoms with Crippen LogP contribution >= 0.6 is 0 Å². The number of fused-ring (bicyclic) bond motifs is 1. The molecule has 1 aliphatic heterocycles. The van der Waals surface area contributed by atoms with Crippen molar-refractivity contribution in [2.24, 2.45) is 0 Å². The third-order valence-electron chi connectivity index (χ3n) is 4.08. The van der Waals surface area contributed by atoms with Crippen LogP contribution in [0.15, 0.2) is 22.6 Å². The lowest BCUT2D eigenvalue weighted by atomic mass is 9.94. The predicted octanol–water partition coefficient (Wildman–Crippen LogP) is 2.24. The molecule has 0 aliphatic carbocycles. The van der Waals surface area contributed by atoms with E-state index in [0.29, 0.717) is 29.6 Å². The molecule has 6 nitrogen and oxygen atoms in total. The summed E-state index contributed by atoms with van der Waals surface area (Å²) < 4.78 is 24.1. The fourth-order valence-corrected chi connectivity index (χ4v) is 2.89. The molecule has 1 aliphatic rings. The molecule has 7 heteroatoms. The summed E-state index contributed by atoms with van der Waals surface area (Å²) in [5.74, 6) is -1.90. The molecule has 0 bridgehead atoms. The first-order chi connectivity index (χ1) is 10.9. The number of amides is 1. The second-order valence-electron chi connectivity index (χ2n) is 5.80. The zero-order valence-electron chi connectivity index (χ0n) is 12.5. The summed E-state index contributed by atoms with van der Waals surface area (Å²) in [4.78, 5) is 23.6. The molecule has 0 saturated carbocycles. The number of hydrogen-bond acceptors (Lipinski definition) is 4. The minimum Gasteiger partial charge on any atom is -0.481 e. The van der Waals surface area contributed by atoms with Crippen molar-refractivity contribution in [2.45, 2.75) is 25.3 Å². The number of aryl methyl sites for hydroxylation is 1. The number of aliphatic carboxylic acids is 1. The Hall–Kier alpha value is -2.41. The van der Waals surface area contributed by atoms with Gasteiger partial charge in [0.25, 0.3) is 5.91 Å². The Morgan fingerprint density at radius 2 is 2.22 bits per heavy atom. The molecule has 1 unspecified atom stereocenters. The van der Waals surface area contributed by atoms with E-state index in [4.69, 9.17) is 14.3 Å². The first-order valence-corrected chi connectivity index (χ1v) is 7.21. The summed E-state index contributed by atoms with van der Waals surface area (Å²) in [6, 6.07) is 4.01. The van der Waals surface area contributed by atoms with Crippen LogP contribution in [-0.2, 0) is 9.53 Å². The van der Waals surface area contributed by atoms with Gasteiger partial charge >= 0.3 is 5.97 Å². The number of carboxylic acid groups (broad SMARTS) is 1. The maximum absolute atomic E-state index is 13.3. The Bertz CT molecular complexity index is 776. The third kappa shape index (κ3) is 2.92. The average Bonchev–Trinajstić information content (AvgIpc) is 3.04. The summed E-state index contributed by atoms with van der Waals surface area (Å²) in [6.45, 7) is 2.19. The molecule has 3 rings (SSSR count). The van der Waals surface area contributed by atoms with E-state index in [1.165, 1.54) is 18.2 Å². The number of halogens is 1. The molecule has 122 valence electrons. The van der Waals surface area contributed by atoms with E-state index in [1.807, 2.05) is 0 Å². The van der Waals surface area contributed by atoms with Crippen LogP contribution in [0.4, 0.5) is 4.39 Å². The molecule has 0 spiro atoms. The Kier molecular flexibility index (Phi) is 3.81.